The Morgan fingerprint density at radius 1 is 0.368 bits per heavy atom. The van der Waals surface area contributed by atoms with E-state index >= 15 is 0 Å². The average molecular weight is 1120 g/mol. The number of benzene rings is 8. The third-order valence-corrected chi connectivity index (χ3v) is 15.0. The number of hydrogen-bond donors (Lipinski definition) is 2. The molecule has 0 aliphatic rings. The van der Waals surface area contributed by atoms with Crippen LogP contribution in [0.5, 0.6) is 11.5 Å². The van der Waals surface area contributed by atoms with E-state index in [-0.39, 0.29) is 52.3 Å². The number of carbonyl (C=O) groups excluding carboxylic acids is 2. The van der Waals surface area contributed by atoms with Crippen molar-refractivity contribution < 1.29 is 60.6 Å². The van der Waals surface area contributed by atoms with Crippen LogP contribution < -0.4 is 52.9 Å². The van der Waals surface area contributed by atoms with E-state index in [1.54, 1.807) is 50.2 Å². The molecule has 0 unspecified atom stereocenters. The van der Waals surface area contributed by atoms with Crippen molar-refractivity contribution in [3.8, 4) is 11.5 Å². The quantitative estimate of drug-likeness (QED) is 0.0603. The molecule has 0 saturated heterocycles. The van der Waals surface area contributed by atoms with Gasteiger partial charge in [0.05, 0.1) is 15.8 Å². The van der Waals surface area contributed by atoms with Gasteiger partial charge in [-0.2, -0.15) is 0 Å². The molecule has 8 rings (SSSR count). The Labute approximate surface area is 428 Å². The van der Waals surface area contributed by atoms with E-state index in [0.29, 0.717) is 22.6 Å². The molecule has 14 heteroatoms. The number of nitrogens with zero attached hydrogens (tertiary/aromatic N) is 2. The molecule has 0 atom stereocenters. The fourth-order valence-corrected chi connectivity index (χ4v) is 11.7. The van der Waals surface area contributed by atoms with Crippen molar-refractivity contribution in [2.24, 2.45) is 10.2 Å². The second-order valence-electron chi connectivity index (χ2n) is 14.2. The van der Waals surface area contributed by atoms with Crippen molar-refractivity contribution in [2.75, 3.05) is 0 Å². The number of nitrogens with one attached hydrogen (secondary N) is 4. The molecule has 0 saturated carbocycles. The summed E-state index contributed by atoms with van der Waals surface area (Å²) in [6.45, 7) is 3.18. The van der Waals surface area contributed by atoms with E-state index in [9.17, 15) is 19.8 Å². The summed E-state index contributed by atoms with van der Waals surface area (Å²) < 4.78 is 0. The molecule has 0 bridgehead atoms. The number of rotatable bonds is 10. The van der Waals surface area contributed by atoms with Gasteiger partial charge in [-0.1, -0.05) is 169 Å². The van der Waals surface area contributed by atoms with Crippen LogP contribution in [0.15, 0.2) is 241 Å². The molecular formula is C54H50N6O4P2Pd2+2. The molecule has 0 spiro atoms. The first kappa shape index (κ1) is 55.8. The molecule has 8 aromatic carbocycles. The van der Waals surface area contributed by atoms with Gasteiger partial charge < -0.3 is 32.5 Å². The van der Waals surface area contributed by atoms with Crippen molar-refractivity contribution in [3.63, 3.8) is 0 Å². The molecule has 0 radical (unpaired) electrons. The van der Waals surface area contributed by atoms with Crippen LogP contribution in [0.4, 0.5) is 9.59 Å². The normalized spacial score (nSPS) is 10.5. The molecule has 0 aromatic heterocycles. The number of urea groups is 2. The molecule has 68 heavy (non-hydrogen) atoms. The molecular weight excluding hydrogens is 1070 g/mol. The van der Waals surface area contributed by atoms with Crippen LogP contribution in [-0.4, -0.2) is 23.5 Å². The zero-order valence-electron chi connectivity index (χ0n) is 37.1. The third kappa shape index (κ3) is 18.3. The Bertz CT molecular complexity index is 2380. The summed E-state index contributed by atoms with van der Waals surface area (Å²) >= 11 is 0. The first-order valence-corrected chi connectivity index (χ1v) is 23.8. The molecule has 0 fully saturated rings. The number of hydrazone groups is 2. The third-order valence-electron chi connectivity index (χ3n) is 9.58. The minimum atomic E-state index is -1.01. The second-order valence-corrected chi connectivity index (χ2v) is 19.2. The van der Waals surface area contributed by atoms with Crippen molar-refractivity contribution in [1.82, 2.24) is 10.9 Å². The number of amides is 4. The molecule has 4 N–H and O–H groups in total. The van der Waals surface area contributed by atoms with Crippen molar-refractivity contribution in [2.45, 2.75) is 13.8 Å². The summed E-state index contributed by atoms with van der Waals surface area (Å²) in [6, 6.07) is 75.7. The summed E-state index contributed by atoms with van der Waals surface area (Å²) in [5.74, 6) is -0.319. The summed E-state index contributed by atoms with van der Waals surface area (Å²) in [6.07, 6.45) is 0. The minimum absolute atomic E-state index is 0. The van der Waals surface area contributed by atoms with E-state index in [0.717, 1.165) is 0 Å². The van der Waals surface area contributed by atoms with Gasteiger partial charge in [-0.15, -0.1) is 0 Å². The standard InChI is InChI=1S/2C18H15P.2C9H11N3O2.2Pd/c2*1-4-10-16(11-5-1)19(17-12-6-2-7-13-17)18-14-8-3-9-15-18;2*1-6(11-12-9(10)14)7-4-2-3-5-8(7)13;;/h2*1-15H;2*2-5H,1H3,(H4,10,11,12,13,14);;/q;;;;2*+2/p-2. The molecule has 8 aromatic rings. The summed E-state index contributed by atoms with van der Waals surface area (Å²) in [5.41, 5.74) is 18.6. The fourth-order valence-electron chi connectivity index (χ4n) is 6.55. The van der Waals surface area contributed by atoms with Crippen LogP contribution in [0.3, 0.4) is 0 Å². The van der Waals surface area contributed by atoms with Crippen LogP contribution in [-0.2, 0) is 40.8 Å². The van der Waals surface area contributed by atoms with Gasteiger partial charge in [0, 0.05) is 11.4 Å². The first-order chi connectivity index (χ1) is 32.1. The van der Waals surface area contributed by atoms with E-state index in [1.807, 2.05) is 10.9 Å². The molecule has 10 nitrogen and oxygen atoms in total. The van der Waals surface area contributed by atoms with Gasteiger partial charge in [-0.05, 0) is 97.8 Å². The maximum Gasteiger partial charge on any atom is 2.00 e. The number of hydrogen-bond acceptors (Lipinski definition) is 6. The summed E-state index contributed by atoms with van der Waals surface area (Å²) in [5, 5.41) is 38.3. The van der Waals surface area contributed by atoms with E-state index in [1.165, 1.54) is 44.0 Å². The van der Waals surface area contributed by atoms with E-state index < -0.39 is 27.9 Å². The molecule has 4 amide bonds. The van der Waals surface area contributed by atoms with Gasteiger partial charge in [0.2, 0.25) is 0 Å². The minimum Gasteiger partial charge on any atom is -0.872 e. The monoisotopic (exact) mass is 1120 g/mol. The zero-order valence-corrected chi connectivity index (χ0v) is 42.2. The maximum absolute atomic E-state index is 11.3. The molecule has 0 heterocycles. The Hall–Kier alpha value is -6.58. The molecule has 0 aliphatic carbocycles. The van der Waals surface area contributed by atoms with E-state index in [2.05, 4.69) is 192 Å². The number of carbonyl (C=O) groups is 2. The second kappa shape index (κ2) is 30.7. The topological polar surface area (TPSA) is 177 Å². The fraction of sp³-hybridized carbons (Fsp3) is 0.0370. The Kier molecular flexibility index (Phi) is 25.1. The summed E-state index contributed by atoms with van der Waals surface area (Å²) in [7, 11) is -1.75. The van der Waals surface area contributed by atoms with Gasteiger partial charge in [0.25, 0.3) is 0 Å². The summed E-state index contributed by atoms with van der Waals surface area (Å²) in [4.78, 5) is 20.5. The van der Waals surface area contributed by atoms with Crippen molar-refractivity contribution >= 4 is 71.2 Å². The van der Waals surface area contributed by atoms with Crippen LogP contribution in [0.25, 0.3) is 11.5 Å². The van der Waals surface area contributed by atoms with Crippen LogP contribution in [0.2, 0.25) is 0 Å². The van der Waals surface area contributed by atoms with Crippen molar-refractivity contribution in [3.05, 3.63) is 253 Å². The van der Waals surface area contributed by atoms with Crippen LogP contribution in [0, 0.1) is 0 Å². The van der Waals surface area contributed by atoms with Crippen LogP contribution in [0.1, 0.15) is 25.0 Å². The van der Waals surface area contributed by atoms with Gasteiger partial charge >= 0.3 is 40.8 Å². The number of para-hydroxylation sites is 2. The molecule has 348 valence electrons. The van der Waals surface area contributed by atoms with Crippen molar-refractivity contribution in [1.29, 1.82) is 0 Å². The maximum atomic E-state index is 11.3. The van der Waals surface area contributed by atoms with E-state index in [4.69, 9.17) is 11.5 Å². The van der Waals surface area contributed by atoms with Gasteiger partial charge in [-0.25, -0.2) is 0 Å². The average Bonchev–Trinajstić information content (AvgIpc) is 3.35. The van der Waals surface area contributed by atoms with Gasteiger partial charge in [0.15, 0.2) is 12.1 Å². The largest absolute Gasteiger partial charge is 2.00 e. The molecule has 0 aliphatic heterocycles. The zero-order chi connectivity index (χ0) is 46.9. The van der Waals surface area contributed by atoms with Gasteiger partial charge in [0.1, 0.15) is 31.8 Å². The smallest absolute Gasteiger partial charge is 0.872 e. The Balaban J connectivity index is 0.000000241. The SMILES string of the molecule is C/C(=N\NC([NH-])=O)c1ccccc1[O-].C/C(=N\NC([NH-])=O)c1ccccc1[O-].[Pd+2].[Pd+2].c1ccc([PH+](c2ccccc2)c2ccccc2)cc1.c1ccc([PH+](c2ccccc2)c2ccccc2)cc1. The van der Waals surface area contributed by atoms with Gasteiger partial charge in [-0.3, -0.25) is 19.8 Å². The predicted octanol–water partition coefficient (Wildman–Crippen LogP) is 8.84. The Morgan fingerprint density at radius 2 is 0.559 bits per heavy atom. The van der Waals surface area contributed by atoms with Crippen LogP contribution >= 0.6 is 15.8 Å². The Morgan fingerprint density at radius 3 is 0.750 bits per heavy atom. The predicted molar refractivity (Wildman–Crippen MR) is 275 cm³/mol. The first-order valence-electron chi connectivity index (χ1n) is 20.8.